The van der Waals surface area contributed by atoms with E-state index in [0.717, 1.165) is 28.6 Å². The Morgan fingerprint density at radius 3 is 2.83 bits per heavy atom. The zero-order valence-electron chi connectivity index (χ0n) is 12.5. The second-order valence-electron chi connectivity index (χ2n) is 5.07. The van der Waals surface area contributed by atoms with E-state index in [9.17, 15) is 0 Å². The second kappa shape index (κ2) is 5.53. The van der Waals surface area contributed by atoms with Crippen molar-refractivity contribution in [3.05, 3.63) is 61.3 Å². The molecule has 0 N–H and O–H groups in total. The van der Waals surface area contributed by atoms with Gasteiger partial charge in [0.1, 0.15) is 30.2 Å². The summed E-state index contributed by atoms with van der Waals surface area (Å²) in [4.78, 5) is 16.9. The number of pyridine rings is 1. The Balaban J connectivity index is 1.61. The SMILES string of the molecule is Cn1ccnc1COc1ccn2c(-c3ccncn3)cnc2c1. The van der Waals surface area contributed by atoms with Crippen molar-refractivity contribution in [3.8, 4) is 17.1 Å². The number of hydrogen-bond donors (Lipinski definition) is 0. The van der Waals surface area contributed by atoms with Gasteiger partial charge in [0, 0.05) is 37.9 Å². The molecule has 0 aliphatic heterocycles. The van der Waals surface area contributed by atoms with Gasteiger partial charge in [-0.05, 0) is 12.1 Å². The first-order valence-electron chi connectivity index (χ1n) is 7.14. The van der Waals surface area contributed by atoms with Gasteiger partial charge >= 0.3 is 0 Å². The molecule has 4 aromatic heterocycles. The highest BCUT2D eigenvalue weighted by molar-refractivity contribution is 5.60. The third kappa shape index (κ3) is 2.52. The molecule has 114 valence electrons. The molecule has 0 saturated heterocycles. The summed E-state index contributed by atoms with van der Waals surface area (Å²) in [6.45, 7) is 0.416. The molecular weight excluding hydrogens is 292 g/mol. The van der Waals surface area contributed by atoms with Crippen LogP contribution >= 0.6 is 0 Å². The largest absolute Gasteiger partial charge is 0.485 e. The van der Waals surface area contributed by atoms with Crippen LogP contribution in [0.3, 0.4) is 0 Å². The standard InChI is InChI=1S/C16H14N6O/c1-21-7-5-18-16(21)10-23-12-3-6-22-14(9-19-15(22)8-12)13-2-4-17-11-20-13/h2-9,11H,10H2,1H3. The quantitative estimate of drug-likeness (QED) is 0.577. The van der Waals surface area contributed by atoms with E-state index >= 15 is 0 Å². The number of rotatable bonds is 4. The van der Waals surface area contributed by atoms with Crippen LogP contribution in [0.2, 0.25) is 0 Å². The maximum atomic E-state index is 5.79. The van der Waals surface area contributed by atoms with Crippen molar-refractivity contribution < 1.29 is 4.74 Å². The Bertz CT molecular complexity index is 944. The number of aryl methyl sites for hydroxylation is 1. The summed E-state index contributed by atoms with van der Waals surface area (Å²) in [6.07, 6.45) is 10.6. The molecule has 0 amide bonds. The molecule has 0 spiro atoms. The molecule has 7 nitrogen and oxygen atoms in total. The maximum absolute atomic E-state index is 5.79. The first-order valence-corrected chi connectivity index (χ1v) is 7.14. The average molecular weight is 306 g/mol. The van der Waals surface area contributed by atoms with E-state index in [1.54, 1.807) is 18.6 Å². The van der Waals surface area contributed by atoms with E-state index < -0.39 is 0 Å². The van der Waals surface area contributed by atoms with Crippen molar-refractivity contribution in [3.63, 3.8) is 0 Å². The topological polar surface area (TPSA) is 70.1 Å². The van der Waals surface area contributed by atoms with Crippen LogP contribution in [0.15, 0.2) is 55.5 Å². The average Bonchev–Trinajstić information content (AvgIpc) is 3.19. The van der Waals surface area contributed by atoms with E-state index in [1.807, 2.05) is 46.6 Å². The lowest BCUT2D eigenvalue weighted by molar-refractivity contribution is 0.292. The van der Waals surface area contributed by atoms with Gasteiger partial charge in [-0.25, -0.2) is 19.9 Å². The monoisotopic (exact) mass is 306 g/mol. The van der Waals surface area contributed by atoms with Gasteiger partial charge in [0.05, 0.1) is 17.6 Å². The third-order valence-corrected chi connectivity index (χ3v) is 3.62. The van der Waals surface area contributed by atoms with Crippen molar-refractivity contribution in [1.29, 1.82) is 0 Å². The van der Waals surface area contributed by atoms with Crippen molar-refractivity contribution in [2.45, 2.75) is 6.61 Å². The molecule has 4 rings (SSSR count). The number of imidazole rings is 2. The van der Waals surface area contributed by atoms with Gasteiger partial charge in [-0.3, -0.25) is 4.40 Å². The van der Waals surface area contributed by atoms with E-state index in [-0.39, 0.29) is 0 Å². The minimum Gasteiger partial charge on any atom is -0.485 e. The molecule has 23 heavy (non-hydrogen) atoms. The van der Waals surface area contributed by atoms with Gasteiger partial charge in [0.15, 0.2) is 0 Å². The van der Waals surface area contributed by atoms with Crippen molar-refractivity contribution in [1.82, 2.24) is 28.9 Å². The first-order chi connectivity index (χ1) is 11.3. The molecular formula is C16H14N6O. The highest BCUT2D eigenvalue weighted by Crippen LogP contribution is 2.21. The molecule has 4 aromatic rings. The van der Waals surface area contributed by atoms with Gasteiger partial charge in [-0.15, -0.1) is 0 Å². The second-order valence-corrected chi connectivity index (χ2v) is 5.07. The number of aromatic nitrogens is 6. The van der Waals surface area contributed by atoms with E-state index in [1.165, 1.54) is 6.33 Å². The maximum Gasteiger partial charge on any atom is 0.146 e. The van der Waals surface area contributed by atoms with Crippen molar-refractivity contribution in [2.24, 2.45) is 7.05 Å². The molecule has 7 heteroatoms. The van der Waals surface area contributed by atoms with Crippen LogP contribution in [0.4, 0.5) is 0 Å². The molecule has 0 bridgehead atoms. The molecule has 0 atom stereocenters. The summed E-state index contributed by atoms with van der Waals surface area (Å²) in [6, 6.07) is 5.66. The third-order valence-electron chi connectivity index (χ3n) is 3.62. The Morgan fingerprint density at radius 1 is 1.09 bits per heavy atom. The van der Waals surface area contributed by atoms with Gasteiger partial charge in [-0.2, -0.15) is 0 Å². The Kier molecular flexibility index (Phi) is 3.23. The normalized spacial score (nSPS) is 11.0. The number of fused-ring (bicyclic) bond motifs is 1. The van der Waals surface area contributed by atoms with Gasteiger partial charge in [0.2, 0.25) is 0 Å². The molecule has 0 fully saturated rings. The molecule has 0 saturated carbocycles. The van der Waals surface area contributed by atoms with Crippen LogP contribution in [-0.2, 0) is 13.7 Å². The van der Waals surface area contributed by atoms with Crippen LogP contribution in [-0.4, -0.2) is 28.9 Å². The van der Waals surface area contributed by atoms with Crippen molar-refractivity contribution >= 4 is 5.65 Å². The molecule has 0 radical (unpaired) electrons. The summed E-state index contributed by atoms with van der Waals surface area (Å²) in [5.74, 6) is 1.62. The van der Waals surface area contributed by atoms with E-state index in [0.29, 0.717) is 6.61 Å². The van der Waals surface area contributed by atoms with Crippen LogP contribution in [0, 0.1) is 0 Å². The summed E-state index contributed by atoms with van der Waals surface area (Å²) in [5, 5.41) is 0. The minimum atomic E-state index is 0.416. The lowest BCUT2D eigenvalue weighted by atomic mass is 10.3. The fourth-order valence-electron chi connectivity index (χ4n) is 2.37. The van der Waals surface area contributed by atoms with Crippen LogP contribution < -0.4 is 4.74 Å². The molecule has 4 heterocycles. The number of ether oxygens (including phenoxy) is 1. The van der Waals surface area contributed by atoms with Gasteiger partial charge < -0.3 is 9.30 Å². The molecule has 0 aliphatic carbocycles. The van der Waals surface area contributed by atoms with E-state index in [2.05, 4.69) is 19.9 Å². The number of hydrogen-bond acceptors (Lipinski definition) is 5. The summed E-state index contributed by atoms with van der Waals surface area (Å²) >= 11 is 0. The molecule has 0 unspecified atom stereocenters. The van der Waals surface area contributed by atoms with E-state index in [4.69, 9.17) is 4.74 Å². The molecule has 0 aliphatic rings. The Hall–Kier alpha value is -3.22. The zero-order chi connectivity index (χ0) is 15.6. The smallest absolute Gasteiger partial charge is 0.146 e. The summed E-state index contributed by atoms with van der Waals surface area (Å²) in [5.41, 5.74) is 2.54. The highest BCUT2D eigenvalue weighted by Gasteiger charge is 2.08. The summed E-state index contributed by atoms with van der Waals surface area (Å²) < 4.78 is 9.69. The lowest BCUT2D eigenvalue weighted by Crippen LogP contribution is -2.03. The first kappa shape index (κ1) is 13.4. The van der Waals surface area contributed by atoms with Crippen molar-refractivity contribution in [2.75, 3.05) is 0 Å². The highest BCUT2D eigenvalue weighted by atomic mass is 16.5. The van der Waals surface area contributed by atoms with Gasteiger partial charge in [0.25, 0.3) is 0 Å². The molecule has 0 aromatic carbocycles. The number of nitrogens with zero attached hydrogens (tertiary/aromatic N) is 6. The minimum absolute atomic E-state index is 0.416. The Morgan fingerprint density at radius 2 is 2.04 bits per heavy atom. The van der Waals surface area contributed by atoms with Crippen LogP contribution in [0.25, 0.3) is 17.0 Å². The summed E-state index contributed by atoms with van der Waals surface area (Å²) in [7, 11) is 1.94. The fraction of sp³-hybridized carbons (Fsp3) is 0.125. The van der Waals surface area contributed by atoms with Crippen LogP contribution in [0.1, 0.15) is 5.82 Å². The predicted molar refractivity (Wildman–Crippen MR) is 83.8 cm³/mol. The Labute approximate surface area is 132 Å². The lowest BCUT2D eigenvalue weighted by Gasteiger charge is -2.07. The zero-order valence-corrected chi connectivity index (χ0v) is 12.5. The fourth-order valence-corrected chi connectivity index (χ4v) is 2.37. The predicted octanol–water partition coefficient (Wildman–Crippen LogP) is 2.10. The van der Waals surface area contributed by atoms with Crippen LogP contribution in [0.5, 0.6) is 5.75 Å². The van der Waals surface area contributed by atoms with Gasteiger partial charge in [-0.1, -0.05) is 0 Å².